The van der Waals surface area contributed by atoms with Gasteiger partial charge in [-0.2, -0.15) is 0 Å². The van der Waals surface area contributed by atoms with Gasteiger partial charge in [0.25, 0.3) is 5.91 Å². The Balaban J connectivity index is 1.45. The molecule has 0 aliphatic carbocycles. The summed E-state index contributed by atoms with van der Waals surface area (Å²) in [4.78, 5) is 51.7. The van der Waals surface area contributed by atoms with Gasteiger partial charge in [0.15, 0.2) is 0 Å². The molecule has 0 saturated carbocycles. The summed E-state index contributed by atoms with van der Waals surface area (Å²) in [6.45, 7) is 2.83. The number of ether oxygens (including phenoxy) is 1. The quantitative estimate of drug-likeness (QED) is 0.718. The Morgan fingerprint density at radius 2 is 2.00 bits per heavy atom. The number of nitrogens with one attached hydrogen (secondary N) is 2. The molecule has 3 aliphatic rings. The molecule has 2 N–H and O–H groups in total. The number of carbonyl (C=O) groups is 4. The number of piperidine rings is 2. The molecule has 0 radical (unpaired) electrons. The fraction of sp³-hybridized carbons (Fsp3) is 0.524. The van der Waals surface area contributed by atoms with Gasteiger partial charge in [-0.3, -0.25) is 19.7 Å². The number of fused-ring (bicyclic) bond motifs is 1. The van der Waals surface area contributed by atoms with Gasteiger partial charge in [0.1, 0.15) is 17.9 Å². The summed E-state index contributed by atoms with van der Waals surface area (Å²) in [5, 5.41) is 4.97. The highest BCUT2D eigenvalue weighted by molar-refractivity contribution is 6.05. The fourth-order valence-electron chi connectivity index (χ4n) is 4.41. The Labute approximate surface area is 174 Å². The molecule has 5 amide bonds. The van der Waals surface area contributed by atoms with Gasteiger partial charge in [-0.1, -0.05) is 0 Å². The van der Waals surface area contributed by atoms with Crippen LogP contribution < -0.4 is 15.4 Å². The van der Waals surface area contributed by atoms with E-state index in [0.717, 1.165) is 18.4 Å². The van der Waals surface area contributed by atoms with Crippen molar-refractivity contribution < 1.29 is 23.9 Å². The molecule has 0 bridgehead atoms. The minimum Gasteiger partial charge on any atom is -0.489 e. The highest BCUT2D eigenvalue weighted by atomic mass is 16.5. The van der Waals surface area contributed by atoms with Crippen LogP contribution in [-0.4, -0.2) is 65.3 Å². The van der Waals surface area contributed by atoms with Gasteiger partial charge < -0.3 is 19.9 Å². The fourth-order valence-corrected chi connectivity index (χ4v) is 4.41. The summed E-state index contributed by atoms with van der Waals surface area (Å²) < 4.78 is 6.13. The third-order valence-electron chi connectivity index (χ3n) is 6.11. The van der Waals surface area contributed by atoms with Crippen LogP contribution in [0.1, 0.15) is 48.5 Å². The normalized spacial score (nSPS) is 26.3. The second-order valence-electron chi connectivity index (χ2n) is 8.09. The van der Waals surface area contributed by atoms with Crippen molar-refractivity contribution in [3.05, 3.63) is 29.3 Å². The molecule has 0 aromatic heterocycles. The number of likely N-dealkylation sites (tertiary alicyclic amines) is 1. The molecule has 1 aromatic rings. The second-order valence-corrected chi connectivity index (χ2v) is 8.09. The van der Waals surface area contributed by atoms with Crippen LogP contribution in [0.15, 0.2) is 18.2 Å². The first-order chi connectivity index (χ1) is 14.4. The average Bonchev–Trinajstić information content (AvgIpc) is 3.04. The van der Waals surface area contributed by atoms with E-state index in [4.69, 9.17) is 4.74 Å². The maximum absolute atomic E-state index is 12.8. The maximum atomic E-state index is 12.8. The summed E-state index contributed by atoms with van der Waals surface area (Å²) in [6, 6.07) is 4.72. The average molecular weight is 414 g/mol. The molecule has 3 aliphatic heterocycles. The first-order valence-corrected chi connectivity index (χ1v) is 10.3. The lowest BCUT2D eigenvalue weighted by atomic mass is 10.0. The number of hydrogen-bond acceptors (Lipinski definition) is 5. The lowest BCUT2D eigenvalue weighted by Crippen LogP contribution is -2.52. The minimum absolute atomic E-state index is 0.116. The van der Waals surface area contributed by atoms with E-state index in [1.807, 2.05) is 13.0 Å². The molecule has 9 heteroatoms. The molecular weight excluding hydrogens is 388 g/mol. The molecule has 4 rings (SSSR count). The molecule has 0 spiro atoms. The number of amides is 5. The van der Waals surface area contributed by atoms with E-state index < -0.39 is 11.9 Å². The van der Waals surface area contributed by atoms with E-state index in [9.17, 15) is 19.2 Å². The van der Waals surface area contributed by atoms with Crippen LogP contribution in [-0.2, 0) is 16.1 Å². The number of imide groups is 1. The van der Waals surface area contributed by atoms with Gasteiger partial charge >= 0.3 is 6.03 Å². The SMILES string of the molecule is CNC(=O)N1C[C@H](Oc2ccc3c(c2)CN(C2CCC(=O)NC2=O)C3=O)CC[C@@H]1C. The number of benzene rings is 1. The molecule has 2 fully saturated rings. The van der Waals surface area contributed by atoms with Crippen molar-refractivity contribution in [2.45, 2.75) is 57.3 Å². The van der Waals surface area contributed by atoms with Crippen molar-refractivity contribution in [1.29, 1.82) is 0 Å². The van der Waals surface area contributed by atoms with Crippen LogP contribution in [0.5, 0.6) is 5.75 Å². The Morgan fingerprint density at radius 3 is 2.73 bits per heavy atom. The number of carbonyl (C=O) groups excluding carboxylic acids is 4. The summed E-state index contributed by atoms with van der Waals surface area (Å²) in [5.74, 6) is -0.287. The Kier molecular flexibility index (Phi) is 5.36. The summed E-state index contributed by atoms with van der Waals surface area (Å²) in [6.07, 6.45) is 2.13. The smallest absolute Gasteiger partial charge is 0.317 e. The maximum Gasteiger partial charge on any atom is 0.317 e. The van der Waals surface area contributed by atoms with Crippen LogP contribution in [0, 0.1) is 0 Å². The Morgan fingerprint density at radius 1 is 1.20 bits per heavy atom. The highest BCUT2D eigenvalue weighted by Crippen LogP contribution is 2.31. The Bertz CT molecular complexity index is 901. The number of rotatable bonds is 3. The van der Waals surface area contributed by atoms with Crippen molar-refractivity contribution in [3.8, 4) is 5.75 Å². The first-order valence-electron chi connectivity index (χ1n) is 10.3. The molecule has 9 nitrogen and oxygen atoms in total. The molecule has 2 saturated heterocycles. The number of urea groups is 1. The molecule has 3 heterocycles. The van der Waals surface area contributed by atoms with E-state index >= 15 is 0 Å². The van der Waals surface area contributed by atoms with E-state index in [1.165, 1.54) is 4.90 Å². The lowest BCUT2D eigenvalue weighted by molar-refractivity contribution is -0.136. The third-order valence-corrected chi connectivity index (χ3v) is 6.11. The van der Waals surface area contributed by atoms with E-state index in [1.54, 1.807) is 24.1 Å². The molecule has 3 atom stereocenters. The topological polar surface area (TPSA) is 108 Å². The van der Waals surface area contributed by atoms with Crippen molar-refractivity contribution in [2.24, 2.45) is 0 Å². The minimum atomic E-state index is -0.632. The van der Waals surface area contributed by atoms with E-state index in [-0.39, 0.29) is 36.4 Å². The second kappa shape index (κ2) is 7.97. The number of nitrogens with zero attached hydrogens (tertiary/aromatic N) is 2. The standard InChI is InChI=1S/C21H26N4O5/c1-12-3-4-15(11-24(12)21(29)22-2)30-14-5-6-16-13(9-14)10-25(20(16)28)17-7-8-18(26)23-19(17)27/h5-6,9,12,15,17H,3-4,7-8,10-11H2,1-2H3,(H,22,29)(H,23,26,27)/t12-,15+,17?/m0/s1. The number of hydrogen-bond donors (Lipinski definition) is 2. The van der Waals surface area contributed by atoms with Crippen molar-refractivity contribution in [2.75, 3.05) is 13.6 Å². The van der Waals surface area contributed by atoms with E-state index in [2.05, 4.69) is 10.6 Å². The summed E-state index contributed by atoms with van der Waals surface area (Å²) in [5.41, 5.74) is 1.35. The van der Waals surface area contributed by atoms with Crippen LogP contribution in [0.2, 0.25) is 0 Å². The van der Waals surface area contributed by atoms with Gasteiger partial charge in [-0.25, -0.2) is 4.79 Å². The predicted molar refractivity (Wildman–Crippen MR) is 107 cm³/mol. The molecule has 1 unspecified atom stereocenters. The predicted octanol–water partition coefficient (Wildman–Crippen LogP) is 1.02. The molecular formula is C21H26N4O5. The third kappa shape index (κ3) is 3.71. The zero-order valence-electron chi connectivity index (χ0n) is 17.1. The first kappa shape index (κ1) is 20.2. The van der Waals surface area contributed by atoms with Crippen LogP contribution in [0.4, 0.5) is 4.79 Å². The molecule has 160 valence electrons. The van der Waals surface area contributed by atoms with Gasteiger partial charge in [-0.15, -0.1) is 0 Å². The molecule has 1 aromatic carbocycles. The zero-order chi connectivity index (χ0) is 21.4. The lowest BCUT2D eigenvalue weighted by Gasteiger charge is -2.37. The van der Waals surface area contributed by atoms with Crippen LogP contribution in [0.25, 0.3) is 0 Å². The van der Waals surface area contributed by atoms with Crippen molar-refractivity contribution in [1.82, 2.24) is 20.4 Å². The van der Waals surface area contributed by atoms with Crippen molar-refractivity contribution in [3.63, 3.8) is 0 Å². The highest BCUT2D eigenvalue weighted by Gasteiger charge is 2.39. The summed E-state index contributed by atoms with van der Waals surface area (Å²) in [7, 11) is 1.62. The van der Waals surface area contributed by atoms with Gasteiger partial charge in [0, 0.05) is 31.6 Å². The zero-order valence-corrected chi connectivity index (χ0v) is 17.1. The van der Waals surface area contributed by atoms with Crippen molar-refractivity contribution >= 4 is 23.8 Å². The monoisotopic (exact) mass is 414 g/mol. The van der Waals surface area contributed by atoms with Gasteiger partial charge in [0.2, 0.25) is 11.8 Å². The van der Waals surface area contributed by atoms with E-state index in [0.29, 0.717) is 30.8 Å². The van der Waals surface area contributed by atoms with Gasteiger partial charge in [0.05, 0.1) is 6.54 Å². The summed E-state index contributed by atoms with van der Waals surface area (Å²) >= 11 is 0. The Hall–Kier alpha value is -3.10. The molecule has 30 heavy (non-hydrogen) atoms. The van der Waals surface area contributed by atoms with Crippen LogP contribution in [0.3, 0.4) is 0 Å². The largest absolute Gasteiger partial charge is 0.489 e. The van der Waals surface area contributed by atoms with Crippen LogP contribution >= 0.6 is 0 Å². The van der Waals surface area contributed by atoms with Gasteiger partial charge in [-0.05, 0) is 49.9 Å².